The lowest BCUT2D eigenvalue weighted by Crippen LogP contribution is -2.44. The van der Waals surface area contributed by atoms with Gasteiger partial charge in [0.2, 0.25) is 0 Å². The molecule has 0 bridgehead atoms. The highest BCUT2D eigenvalue weighted by Crippen LogP contribution is 2.14. The first-order chi connectivity index (χ1) is 9.97. The lowest BCUT2D eigenvalue weighted by molar-refractivity contribution is -0.0124. The lowest BCUT2D eigenvalue weighted by Gasteiger charge is -2.31. The Kier molecular flexibility index (Phi) is 4.80. The highest BCUT2D eigenvalue weighted by molar-refractivity contribution is 5.95. The number of carbonyl (C=O) groups excluding carboxylic acids is 2. The number of hydrogen-bond donors (Lipinski definition) is 1. The van der Waals surface area contributed by atoms with Crippen LogP contribution in [-0.2, 0) is 4.74 Å². The number of urea groups is 1. The number of nitrogens with one attached hydrogen (secondary N) is 1. The van der Waals surface area contributed by atoms with Crippen molar-refractivity contribution in [1.82, 2.24) is 9.80 Å². The molecule has 3 amide bonds. The minimum atomic E-state index is -0.198. The van der Waals surface area contributed by atoms with E-state index < -0.39 is 0 Å². The Hall–Kier alpha value is -2.08. The Bertz CT molecular complexity index is 513. The standard InChI is InChI=1S/C15H21N3O3/c1-11-10-18(8-9-21-11)14(19)12-4-6-13(7-5-12)16-15(20)17(2)3/h4-7,11H,8-10H2,1-3H3,(H,16,20). The van der Waals surface area contributed by atoms with Crippen molar-refractivity contribution < 1.29 is 14.3 Å². The molecule has 0 saturated carbocycles. The van der Waals surface area contributed by atoms with E-state index in [-0.39, 0.29) is 18.0 Å². The van der Waals surface area contributed by atoms with Gasteiger partial charge in [-0.2, -0.15) is 0 Å². The first-order valence-corrected chi connectivity index (χ1v) is 6.96. The van der Waals surface area contributed by atoms with Crippen LogP contribution in [0.3, 0.4) is 0 Å². The molecule has 1 unspecified atom stereocenters. The van der Waals surface area contributed by atoms with E-state index in [1.54, 1.807) is 43.3 Å². The van der Waals surface area contributed by atoms with Gasteiger partial charge in [0.15, 0.2) is 0 Å². The highest BCUT2D eigenvalue weighted by Gasteiger charge is 2.22. The van der Waals surface area contributed by atoms with Crippen LogP contribution in [0.5, 0.6) is 0 Å². The number of amides is 3. The number of morpholine rings is 1. The van der Waals surface area contributed by atoms with Gasteiger partial charge in [-0.3, -0.25) is 4.79 Å². The fraction of sp³-hybridized carbons (Fsp3) is 0.467. The fourth-order valence-electron chi connectivity index (χ4n) is 2.12. The van der Waals surface area contributed by atoms with E-state index in [1.807, 2.05) is 6.92 Å². The van der Waals surface area contributed by atoms with Crippen molar-refractivity contribution >= 4 is 17.6 Å². The van der Waals surface area contributed by atoms with Gasteiger partial charge in [-0.15, -0.1) is 0 Å². The molecule has 0 radical (unpaired) electrons. The van der Waals surface area contributed by atoms with Crippen molar-refractivity contribution in [1.29, 1.82) is 0 Å². The molecule has 1 saturated heterocycles. The molecule has 21 heavy (non-hydrogen) atoms. The van der Waals surface area contributed by atoms with Gasteiger partial charge in [0.05, 0.1) is 12.7 Å². The summed E-state index contributed by atoms with van der Waals surface area (Å²) in [5.74, 6) is -0.00404. The third-order valence-electron chi connectivity index (χ3n) is 3.32. The molecule has 114 valence electrons. The summed E-state index contributed by atoms with van der Waals surface area (Å²) in [6.07, 6.45) is 0.0707. The van der Waals surface area contributed by atoms with Crippen molar-refractivity contribution in [3.05, 3.63) is 29.8 Å². The largest absolute Gasteiger partial charge is 0.375 e. The van der Waals surface area contributed by atoms with Gasteiger partial charge >= 0.3 is 6.03 Å². The molecule has 1 aliphatic rings. The first kappa shape index (κ1) is 15.3. The summed E-state index contributed by atoms with van der Waals surface area (Å²) in [5.41, 5.74) is 1.28. The predicted molar refractivity (Wildman–Crippen MR) is 80.5 cm³/mol. The van der Waals surface area contributed by atoms with Crippen molar-refractivity contribution in [3.8, 4) is 0 Å². The number of rotatable bonds is 2. The van der Waals surface area contributed by atoms with Crippen molar-refractivity contribution in [2.75, 3.05) is 39.1 Å². The zero-order valence-corrected chi connectivity index (χ0v) is 12.6. The Morgan fingerprint density at radius 2 is 1.95 bits per heavy atom. The second-order valence-electron chi connectivity index (χ2n) is 5.33. The van der Waals surface area contributed by atoms with E-state index in [9.17, 15) is 9.59 Å². The molecule has 1 aliphatic heterocycles. The van der Waals surface area contributed by atoms with Gasteiger partial charge in [0.25, 0.3) is 5.91 Å². The van der Waals surface area contributed by atoms with Crippen LogP contribution in [0.4, 0.5) is 10.5 Å². The second kappa shape index (κ2) is 6.58. The molecule has 0 aliphatic carbocycles. The summed E-state index contributed by atoms with van der Waals surface area (Å²) in [6.45, 7) is 3.75. The Morgan fingerprint density at radius 1 is 1.29 bits per heavy atom. The van der Waals surface area contributed by atoms with Crippen LogP contribution in [0.25, 0.3) is 0 Å². The summed E-state index contributed by atoms with van der Waals surface area (Å²) in [5, 5.41) is 2.74. The maximum Gasteiger partial charge on any atom is 0.321 e. The van der Waals surface area contributed by atoms with Gasteiger partial charge < -0.3 is 19.9 Å². The maximum absolute atomic E-state index is 12.4. The normalized spacial score (nSPS) is 18.2. The Balaban J connectivity index is 2.01. The van der Waals surface area contributed by atoms with Crippen molar-refractivity contribution in [3.63, 3.8) is 0 Å². The van der Waals surface area contributed by atoms with Crippen LogP contribution >= 0.6 is 0 Å². The number of carbonyl (C=O) groups is 2. The average Bonchev–Trinajstić information content (AvgIpc) is 2.47. The molecule has 1 N–H and O–H groups in total. The van der Waals surface area contributed by atoms with E-state index >= 15 is 0 Å². The number of hydrogen-bond acceptors (Lipinski definition) is 3. The van der Waals surface area contributed by atoms with Crippen molar-refractivity contribution in [2.24, 2.45) is 0 Å². The van der Waals surface area contributed by atoms with Crippen LogP contribution in [0.2, 0.25) is 0 Å². The molecule has 2 rings (SSSR count). The van der Waals surface area contributed by atoms with E-state index in [0.29, 0.717) is 30.9 Å². The van der Waals surface area contributed by atoms with Crippen LogP contribution in [-0.4, -0.2) is 61.6 Å². The summed E-state index contributed by atoms with van der Waals surface area (Å²) in [7, 11) is 3.35. The molecular weight excluding hydrogens is 270 g/mol. The van der Waals surface area contributed by atoms with Gasteiger partial charge in [-0.25, -0.2) is 4.79 Å². The summed E-state index contributed by atoms with van der Waals surface area (Å²) in [6, 6.07) is 6.73. The minimum Gasteiger partial charge on any atom is -0.375 e. The van der Waals surface area contributed by atoms with Gasteiger partial charge in [0, 0.05) is 38.4 Å². The number of benzene rings is 1. The molecule has 6 heteroatoms. The number of nitrogens with zero attached hydrogens (tertiary/aromatic N) is 2. The monoisotopic (exact) mass is 291 g/mol. The Labute approximate surface area is 124 Å². The fourth-order valence-corrected chi connectivity index (χ4v) is 2.12. The summed E-state index contributed by atoms with van der Waals surface area (Å²) >= 11 is 0. The van der Waals surface area contributed by atoms with Crippen LogP contribution in [0, 0.1) is 0 Å². The first-order valence-electron chi connectivity index (χ1n) is 6.96. The minimum absolute atomic E-state index is 0.00404. The molecule has 0 aromatic heterocycles. The Morgan fingerprint density at radius 3 is 2.52 bits per heavy atom. The molecule has 1 aromatic rings. The topological polar surface area (TPSA) is 61.9 Å². The van der Waals surface area contributed by atoms with Crippen molar-refractivity contribution in [2.45, 2.75) is 13.0 Å². The third-order valence-corrected chi connectivity index (χ3v) is 3.32. The van der Waals surface area contributed by atoms with Gasteiger partial charge in [0.1, 0.15) is 0 Å². The number of anilines is 1. The molecule has 1 atom stereocenters. The smallest absolute Gasteiger partial charge is 0.321 e. The molecule has 0 spiro atoms. The maximum atomic E-state index is 12.4. The third kappa shape index (κ3) is 3.95. The van der Waals surface area contributed by atoms with Crippen LogP contribution in [0.15, 0.2) is 24.3 Å². The van der Waals surface area contributed by atoms with E-state index in [4.69, 9.17) is 4.74 Å². The zero-order valence-electron chi connectivity index (χ0n) is 12.6. The zero-order chi connectivity index (χ0) is 15.4. The molecule has 1 heterocycles. The highest BCUT2D eigenvalue weighted by atomic mass is 16.5. The molecule has 6 nitrogen and oxygen atoms in total. The van der Waals surface area contributed by atoms with Crippen LogP contribution < -0.4 is 5.32 Å². The SMILES string of the molecule is CC1CN(C(=O)c2ccc(NC(=O)N(C)C)cc2)CCO1. The van der Waals surface area contributed by atoms with E-state index in [2.05, 4.69) is 5.32 Å². The number of ether oxygens (including phenoxy) is 1. The van der Waals surface area contributed by atoms with Gasteiger partial charge in [-0.1, -0.05) is 0 Å². The average molecular weight is 291 g/mol. The summed E-state index contributed by atoms with van der Waals surface area (Å²) in [4.78, 5) is 27.1. The van der Waals surface area contributed by atoms with Gasteiger partial charge in [-0.05, 0) is 31.2 Å². The lowest BCUT2D eigenvalue weighted by atomic mass is 10.1. The summed E-state index contributed by atoms with van der Waals surface area (Å²) < 4.78 is 5.43. The second-order valence-corrected chi connectivity index (χ2v) is 5.33. The molecular formula is C15H21N3O3. The van der Waals surface area contributed by atoms with E-state index in [1.165, 1.54) is 4.90 Å². The predicted octanol–water partition coefficient (Wildman–Crippen LogP) is 1.64. The molecule has 1 aromatic carbocycles. The quantitative estimate of drug-likeness (QED) is 0.901. The molecule has 1 fully saturated rings. The van der Waals surface area contributed by atoms with Crippen LogP contribution in [0.1, 0.15) is 17.3 Å². The van der Waals surface area contributed by atoms with E-state index in [0.717, 1.165) is 0 Å².